The maximum absolute atomic E-state index is 12.4. The van der Waals surface area contributed by atoms with Gasteiger partial charge in [0.25, 0.3) is 10.0 Å². The molecule has 2 rings (SSSR count). The molecule has 0 bridgehead atoms. The van der Waals surface area contributed by atoms with Gasteiger partial charge < -0.3 is 4.40 Å². The first-order valence-electron chi connectivity index (χ1n) is 6.73. The molecule has 2 aromatic heterocycles. The van der Waals surface area contributed by atoms with Gasteiger partial charge in [-0.05, 0) is 38.5 Å². The lowest BCUT2D eigenvalue weighted by atomic mass is 10.2. The fourth-order valence-corrected chi connectivity index (χ4v) is 3.54. The molecule has 0 saturated heterocycles. The molecule has 0 aliphatic carbocycles. The Kier molecular flexibility index (Phi) is 3.88. The highest BCUT2D eigenvalue weighted by Crippen LogP contribution is 2.23. The van der Waals surface area contributed by atoms with E-state index in [1.807, 2.05) is 43.5 Å². The van der Waals surface area contributed by atoms with Crippen molar-refractivity contribution in [3.05, 3.63) is 29.7 Å². The van der Waals surface area contributed by atoms with Crippen LogP contribution in [-0.4, -0.2) is 23.8 Å². The van der Waals surface area contributed by atoms with Crippen LogP contribution in [0.4, 0.5) is 0 Å². The van der Waals surface area contributed by atoms with Crippen LogP contribution < -0.4 is 4.72 Å². The number of nitrogens with one attached hydrogen (secondary N) is 1. The van der Waals surface area contributed by atoms with E-state index in [0.29, 0.717) is 5.52 Å². The lowest BCUT2D eigenvalue weighted by Gasteiger charge is -2.07. The van der Waals surface area contributed by atoms with Crippen molar-refractivity contribution < 1.29 is 8.42 Å². The SMILES string of the molecule is Cc1ccn2c(C(C)C)nc(S(=O)(=O)NC(C)C)c2c1. The molecule has 0 saturated carbocycles. The van der Waals surface area contributed by atoms with E-state index in [1.165, 1.54) is 0 Å². The molecule has 0 fully saturated rings. The molecule has 0 radical (unpaired) electrons. The summed E-state index contributed by atoms with van der Waals surface area (Å²) in [7, 11) is -3.60. The zero-order valence-electron chi connectivity index (χ0n) is 12.5. The summed E-state index contributed by atoms with van der Waals surface area (Å²) in [5.41, 5.74) is 1.63. The Hall–Kier alpha value is -1.40. The number of rotatable bonds is 4. The van der Waals surface area contributed by atoms with E-state index >= 15 is 0 Å². The number of pyridine rings is 1. The third-order valence-electron chi connectivity index (χ3n) is 2.95. The Morgan fingerprint density at radius 3 is 2.45 bits per heavy atom. The lowest BCUT2D eigenvalue weighted by molar-refractivity contribution is 0.567. The summed E-state index contributed by atoms with van der Waals surface area (Å²) in [5, 5.41) is 0.110. The number of fused-ring (bicyclic) bond motifs is 1. The van der Waals surface area contributed by atoms with Gasteiger partial charge in [-0.25, -0.2) is 18.1 Å². The minimum absolute atomic E-state index is 0.110. The Labute approximate surface area is 120 Å². The molecule has 0 atom stereocenters. The van der Waals surface area contributed by atoms with E-state index in [0.717, 1.165) is 11.4 Å². The van der Waals surface area contributed by atoms with Crippen LogP contribution in [0.25, 0.3) is 5.52 Å². The minimum Gasteiger partial charge on any atom is -0.302 e. The number of aryl methyl sites for hydroxylation is 1. The second kappa shape index (κ2) is 5.18. The van der Waals surface area contributed by atoms with Crippen LogP contribution in [0.5, 0.6) is 0 Å². The van der Waals surface area contributed by atoms with E-state index in [9.17, 15) is 8.42 Å². The van der Waals surface area contributed by atoms with Crippen molar-refractivity contribution in [3.63, 3.8) is 0 Å². The van der Waals surface area contributed by atoms with Gasteiger partial charge in [-0.1, -0.05) is 13.8 Å². The van der Waals surface area contributed by atoms with Crippen LogP contribution >= 0.6 is 0 Å². The zero-order chi connectivity index (χ0) is 15.1. The van der Waals surface area contributed by atoms with E-state index in [1.54, 1.807) is 13.8 Å². The number of nitrogens with zero attached hydrogens (tertiary/aromatic N) is 2. The summed E-state index contributed by atoms with van der Waals surface area (Å²) in [4.78, 5) is 4.37. The molecule has 110 valence electrons. The molecule has 2 aromatic rings. The van der Waals surface area contributed by atoms with Crippen molar-refractivity contribution in [3.8, 4) is 0 Å². The summed E-state index contributed by atoms with van der Waals surface area (Å²) < 4.78 is 29.3. The van der Waals surface area contributed by atoms with E-state index in [2.05, 4.69) is 9.71 Å². The molecule has 2 heterocycles. The Morgan fingerprint density at radius 1 is 1.25 bits per heavy atom. The van der Waals surface area contributed by atoms with Crippen molar-refractivity contribution in [2.75, 3.05) is 0 Å². The third kappa shape index (κ3) is 2.71. The van der Waals surface area contributed by atoms with E-state index in [-0.39, 0.29) is 17.0 Å². The topological polar surface area (TPSA) is 63.5 Å². The number of hydrogen-bond donors (Lipinski definition) is 1. The van der Waals surface area contributed by atoms with Crippen molar-refractivity contribution >= 4 is 15.5 Å². The van der Waals surface area contributed by atoms with Crippen LogP contribution in [0.1, 0.15) is 45.0 Å². The van der Waals surface area contributed by atoms with Gasteiger partial charge in [-0.3, -0.25) is 0 Å². The molecule has 20 heavy (non-hydrogen) atoms. The second-order valence-corrected chi connectivity index (χ2v) is 7.29. The number of aromatic nitrogens is 2. The molecule has 1 N–H and O–H groups in total. The average Bonchev–Trinajstić information content (AvgIpc) is 2.66. The fraction of sp³-hybridized carbons (Fsp3) is 0.500. The molecule has 0 aromatic carbocycles. The number of hydrogen-bond acceptors (Lipinski definition) is 3. The highest BCUT2D eigenvalue weighted by atomic mass is 32.2. The van der Waals surface area contributed by atoms with Gasteiger partial charge in [0.15, 0.2) is 5.03 Å². The van der Waals surface area contributed by atoms with Crippen LogP contribution in [-0.2, 0) is 10.0 Å². The predicted molar refractivity (Wildman–Crippen MR) is 79.5 cm³/mol. The van der Waals surface area contributed by atoms with Gasteiger partial charge >= 0.3 is 0 Å². The standard InChI is InChI=1S/C14H21N3O2S/c1-9(2)13-15-14(20(18,19)16-10(3)4)12-8-11(5)6-7-17(12)13/h6-10,16H,1-5H3. The van der Waals surface area contributed by atoms with Gasteiger partial charge in [0.2, 0.25) is 0 Å². The fourth-order valence-electron chi connectivity index (χ4n) is 2.16. The normalized spacial score (nSPS) is 12.8. The van der Waals surface area contributed by atoms with Gasteiger partial charge in [-0.2, -0.15) is 0 Å². The van der Waals surface area contributed by atoms with Crippen LogP contribution in [0.3, 0.4) is 0 Å². The summed E-state index contributed by atoms with van der Waals surface area (Å²) in [6, 6.07) is 3.64. The van der Waals surface area contributed by atoms with Gasteiger partial charge in [0, 0.05) is 18.2 Å². The van der Waals surface area contributed by atoms with Crippen molar-refractivity contribution in [2.24, 2.45) is 0 Å². The smallest absolute Gasteiger partial charge is 0.260 e. The summed E-state index contributed by atoms with van der Waals surface area (Å²) in [6.45, 7) is 9.53. The summed E-state index contributed by atoms with van der Waals surface area (Å²) in [6.07, 6.45) is 1.88. The molecule has 0 aliphatic heterocycles. The molecule has 6 heteroatoms. The average molecular weight is 295 g/mol. The van der Waals surface area contributed by atoms with Crippen LogP contribution in [0, 0.1) is 6.92 Å². The van der Waals surface area contributed by atoms with Crippen molar-refractivity contribution in [1.82, 2.24) is 14.1 Å². The lowest BCUT2D eigenvalue weighted by Crippen LogP contribution is -2.30. The van der Waals surface area contributed by atoms with Crippen molar-refractivity contribution in [1.29, 1.82) is 0 Å². The number of sulfonamides is 1. The third-order valence-corrected chi connectivity index (χ3v) is 4.55. The highest BCUT2D eigenvalue weighted by molar-refractivity contribution is 7.89. The molecule has 0 unspecified atom stereocenters. The Bertz CT molecular complexity index is 730. The largest absolute Gasteiger partial charge is 0.302 e. The predicted octanol–water partition coefficient (Wildman–Crippen LogP) is 2.45. The molecule has 0 spiro atoms. The maximum Gasteiger partial charge on any atom is 0.260 e. The quantitative estimate of drug-likeness (QED) is 0.942. The van der Waals surface area contributed by atoms with Gasteiger partial charge in [0.05, 0.1) is 5.52 Å². The Morgan fingerprint density at radius 2 is 1.90 bits per heavy atom. The molecular formula is C14H21N3O2S. The summed E-state index contributed by atoms with van der Waals surface area (Å²) in [5.74, 6) is 0.900. The van der Waals surface area contributed by atoms with Gasteiger partial charge in [0.1, 0.15) is 5.82 Å². The molecule has 5 nitrogen and oxygen atoms in total. The first-order valence-corrected chi connectivity index (χ1v) is 8.21. The maximum atomic E-state index is 12.4. The minimum atomic E-state index is -3.60. The second-order valence-electron chi connectivity index (χ2n) is 5.67. The molecule has 0 aliphatic rings. The molecular weight excluding hydrogens is 274 g/mol. The Balaban J connectivity index is 2.73. The van der Waals surface area contributed by atoms with Crippen LogP contribution in [0.2, 0.25) is 0 Å². The van der Waals surface area contributed by atoms with Gasteiger partial charge in [-0.15, -0.1) is 0 Å². The first kappa shape index (κ1) is 15.0. The highest BCUT2D eigenvalue weighted by Gasteiger charge is 2.24. The monoisotopic (exact) mass is 295 g/mol. The number of imidazole rings is 1. The molecule has 0 amide bonds. The van der Waals surface area contributed by atoms with Crippen molar-refractivity contribution in [2.45, 2.75) is 51.6 Å². The zero-order valence-corrected chi connectivity index (χ0v) is 13.3. The summed E-state index contributed by atoms with van der Waals surface area (Å²) >= 11 is 0. The van der Waals surface area contributed by atoms with E-state index in [4.69, 9.17) is 0 Å². The first-order chi connectivity index (χ1) is 9.22. The van der Waals surface area contributed by atoms with E-state index < -0.39 is 10.0 Å². The van der Waals surface area contributed by atoms with Crippen LogP contribution in [0.15, 0.2) is 23.4 Å².